The summed E-state index contributed by atoms with van der Waals surface area (Å²) in [6, 6.07) is 0.0950. The average Bonchev–Trinajstić information content (AvgIpc) is 3.10. The number of aromatic nitrogens is 2. The molecule has 0 radical (unpaired) electrons. The second kappa shape index (κ2) is 4.12. The predicted molar refractivity (Wildman–Crippen MR) is 68.2 cm³/mol. The zero-order valence-electron chi connectivity index (χ0n) is 10.4. The fourth-order valence-corrected chi connectivity index (χ4v) is 2.12. The van der Waals surface area contributed by atoms with Crippen LogP contribution in [-0.4, -0.2) is 28.5 Å². The third kappa shape index (κ3) is 2.10. The highest BCUT2D eigenvalue weighted by Crippen LogP contribution is 2.39. The van der Waals surface area contributed by atoms with Crippen molar-refractivity contribution in [3.05, 3.63) is 11.4 Å². The summed E-state index contributed by atoms with van der Waals surface area (Å²) in [7, 11) is 0. The molecule has 18 heavy (non-hydrogen) atoms. The van der Waals surface area contributed by atoms with Crippen LogP contribution in [0.15, 0.2) is 0 Å². The Morgan fingerprint density at radius 1 is 1.39 bits per heavy atom. The number of rotatable bonds is 3. The summed E-state index contributed by atoms with van der Waals surface area (Å²) >= 11 is 0. The summed E-state index contributed by atoms with van der Waals surface area (Å²) in [5.74, 6) is 2.68. The molecule has 6 heteroatoms. The highest BCUT2D eigenvalue weighted by Gasteiger charge is 2.29. The molecule has 2 heterocycles. The van der Waals surface area contributed by atoms with Crippen LogP contribution in [0.4, 0.5) is 11.6 Å². The summed E-state index contributed by atoms with van der Waals surface area (Å²) < 4.78 is 0. The fraction of sp³-hybridized carbons (Fsp3) is 0.583. The van der Waals surface area contributed by atoms with Crippen molar-refractivity contribution in [3.8, 4) is 0 Å². The summed E-state index contributed by atoms with van der Waals surface area (Å²) in [6.07, 6.45) is 2.78. The molecule has 1 aliphatic heterocycles. The maximum atomic E-state index is 11.2. The van der Waals surface area contributed by atoms with Gasteiger partial charge in [0.25, 0.3) is 0 Å². The van der Waals surface area contributed by atoms with Gasteiger partial charge >= 0.3 is 0 Å². The van der Waals surface area contributed by atoms with Crippen molar-refractivity contribution in [2.75, 3.05) is 17.6 Å². The molecule has 0 aromatic carbocycles. The van der Waals surface area contributed by atoms with Crippen molar-refractivity contribution in [1.82, 2.24) is 15.3 Å². The average molecular weight is 247 g/mol. The van der Waals surface area contributed by atoms with Crippen LogP contribution in [0, 0.1) is 6.92 Å². The second-order valence-corrected chi connectivity index (χ2v) is 5.06. The minimum atomic E-state index is 0.0783. The molecule has 2 aliphatic rings. The first-order valence-corrected chi connectivity index (χ1v) is 6.30. The molecule has 0 spiro atoms. The summed E-state index contributed by atoms with van der Waals surface area (Å²) in [6.45, 7) is 2.54. The van der Waals surface area contributed by atoms with E-state index in [0.29, 0.717) is 24.7 Å². The summed E-state index contributed by atoms with van der Waals surface area (Å²) in [5.41, 5.74) is 6.77. The number of nitrogens with one attached hydrogen (secondary N) is 2. The first-order valence-electron chi connectivity index (χ1n) is 6.30. The van der Waals surface area contributed by atoms with Crippen molar-refractivity contribution in [2.45, 2.75) is 38.1 Å². The number of nitrogen functional groups attached to an aromatic ring is 1. The highest BCUT2D eigenvalue weighted by atomic mass is 16.1. The lowest BCUT2D eigenvalue weighted by molar-refractivity contribution is -0.119. The molecule has 96 valence electrons. The van der Waals surface area contributed by atoms with Crippen molar-refractivity contribution in [2.24, 2.45) is 0 Å². The van der Waals surface area contributed by atoms with Crippen LogP contribution >= 0.6 is 0 Å². The third-order valence-corrected chi connectivity index (χ3v) is 3.46. The van der Waals surface area contributed by atoms with Crippen LogP contribution in [0.5, 0.6) is 0 Å². The van der Waals surface area contributed by atoms with E-state index in [0.717, 1.165) is 30.0 Å². The Bertz CT molecular complexity index is 497. The van der Waals surface area contributed by atoms with Crippen molar-refractivity contribution >= 4 is 17.5 Å². The lowest BCUT2D eigenvalue weighted by Crippen LogP contribution is -2.24. The van der Waals surface area contributed by atoms with Gasteiger partial charge in [-0.1, -0.05) is 0 Å². The van der Waals surface area contributed by atoms with Crippen molar-refractivity contribution < 1.29 is 4.79 Å². The van der Waals surface area contributed by atoms with Gasteiger partial charge in [0.15, 0.2) is 0 Å². The zero-order valence-corrected chi connectivity index (χ0v) is 10.4. The topological polar surface area (TPSA) is 92.9 Å². The molecule has 1 amide bonds. The molecule has 1 saturated heterocycles. The van der Waals surface area contributed by atoms with E-state index in [1.807, 2.05) is 6.92 Å². The molecule has 0 bridgehead atoms. The molecule has 6 nitrogen and oxygen atoms in total. The van der Waals surface area contributed by atoms with E-state index in [1.54, 1.807) is 0 Å². The third-order valence-electron chi connectivity index (χ3n) is 3.46. The minimum absolute atomic E-state index is 0.0783. The van der Waals surface area contributed by atoms with Crippen molar-refractivity contribution in [1.29, 1.82) is 0 Å². The van der Waals surface area contributed by atoms with E-state index in [1.165, 1.54) is 0 Å². The van der Waals surface area contributed by atoms with Gasteiger partial charge in [-0.3, -0.25) is 4.79 Å². The van der Waals surface area contributed by atoms with E-state index in [2.05, 4.69) is 20.6 Å². The molecule has 1 unspecified atom stereocenters. The van der Waals surface area contributed by atoms with Crippen LogP contribution in [0.25, 0.3) is 0 Å². The number of hydrogen-bond donors (Lipinski definition) is 3. The van der Waals surface area contributed by atoms with Gasteiger partial charge in [-0.15, -0.1) is 0 Å². The van der Waals surface area contributed by atoms with Gasteiger partial charge in [-0.25, -0.2) is 9.97 Å². The zero-order chi connectivity index (χ0) is 12.7. The van der Waals surface area contributed by atoms with Gasteiger partial charge < -0.3 is 16.4 Å². The number of nitrogens with two attached hydrogens (primary N) is 1. The Labute approximate surface area is 105 Å². The smallest absolute Gasteiger partial charge is 0.222 e. The number of hydrogen-bond acceptors (Lipinski definition) is 5. The summed E-state index contributed by atoms with van der Waals surface area (Å²) in [5, 5.41) is 6.09. The predicted octanol–water partition coefficient (Wildman–Crippen LogP) is 0.545. The van der Waals surface area contributed by atoms with Gasteiger partial charge in [0.2, 0.25) is 5.91 Å². The Morgan fingerprint density at radius 3 is 2.78 bits per heavy atom. The normalized spacial score (nSPS) is 22.9. The van der Waals surface area contributed by atoms with Gasteiger partial charge in [0, 0.05) is 24.4 Å². The molecule has 1 aliphatic carbocycles. The van der Waals surface area contributed by atoms with Crippen LogP contribution in [-0.2, 0) is 4.79 Å². The van der Waals surface area contributed by atoms with Crippen LogP contribution < -0.4 is 16.4 Å². The molecule has 3 rings (SSSR count). The molecular weight excluding hydrogens is 230 g/mol. The van der Waals surface area contributed by atoms with Crippen LogP contribution in [0.3, 0.4) is 0 Å². The highest BCUT2D eigenvalue weighted by molar-refractivity contribution is 5.79. The van der Waals surface area contributed by atoms with Gasteiger partial charge in [0.05, 0.1) is 6.04 Å². The molecule has 2 fully saturated rings. The summed E-state index contributed by atoms with van der Waals surface area (Å²) in [4.78, 5) is 20.0. The monoisotopic (exact) mass is 247 g/mol. The number of carbonyl (C=O) groups excluding carboxylic acids is 1. The van der Waals surface area contributed by atoms with Crippen LogP contribution in [0.2, 0.25) is 0 Å². The number of amides is 1. The minimum Gasteiger partial charge on any atom is -0.383 e. The Kier molecular flexibility index (Phi) is 2.57. The quantitative estimate of drug-likeness (QED) is 0.725. The number of carbonyl (C=O) groups is 1. The van der Waals surface area contributed by atoms with E-state index >= 15 is 0 Å². The Hall–Kier alpha value is -1.85. The van der Waals surface area contributed by atoms with Gasteiger partial charge in [-0.2, -0.15) is 0 Å². The fourth-order valence-electron chi connectivity index (χ4n) is 2.12. The van der Waals surface area contributed by atoms with Crippen molar-refractivity contribution in [3.63, 3.8) is 0 Å². The van der Waals surface area contributed by atoms with Crippen LogP contribution in [0.1, 0.15) is 36.6 Å². The molecular formula is C12H17N5O. The lowest BCUT2D eigenvalue weighted by atomic mass is 10.2. The SMILES string of the molecule is Cc1c(N)nc(C2CC2)nc1NC1CNC(=O)C1. The largest absolute Gasteiger partial charge is 0.383 e. The van der Waals surface area contributed by atoms with E-state index < -0.39 is 0 Å². The maximum Gasteiger partial charge on any atom is 0.222 e. The van der Waals surface area contributed by atoms with E-state index in [4.69, 9.17) is 5.73 Å². The Balaban J connectivity index is 1.83. The standard InChI is InChI=1S/C12H17N5O/c1-6-10(13)16-12(7-2-3-7)17-11(6)15-8-4-9(18)14-5-8/h7-8H,2-5H2,1H3,(H,14,18)(H3,13,15,16,17). The maximum absolute atomic E-state index is 11.2. The first-order chi connectivity index (χ1) is 8.63. The number of anilines is 2. The number of nitrogens with zero attached hydrogens (tertiary/aromatic N) is 2. The Morgan fingerprint density at radius 2 is 2.17 bits per heavy atom. The van der Waals surface area contributed by atoms with Gasteiger partial charge in [0.1, 0.15) is 17.5 Å². The lowest BCUT2D eigenvalue weighted by Gasteiger charge is -2.15. The van der Waals surface area contributed by atoms with Gasteiger partial charge in [-0.05, 0) is 19.8 Å². The second-order valence-electron chi connectivity index (χ2n) is 5.06. The molecule has 1 aromatic heterocycles. The first kappa shape index (κ1) is 11.3. The van der Waals surface area contributed by atoms with E-state index in [-0.39, 0.29) is 11.9 Å². The molecule has 4 N–H and O–H groups in total. The molecule has 1 atom stereocenters. The molecule has 1 saturated carbocycles. The van der Waals surface area contributed by atoms with E-state index in [9.17, 15) is 4.79 Å². The molecule has 1 aromatic rings.